The van der Waals surface area contributed by atoms with Crippen molar-refractivity contribution in [1.82, 2.24) is 9.97 Å². The largest absolute Gasteiger partial charge is 0.449 e. The van der Waals surface area contributed by atoms with Crippen LogP contribution in [0, 0.1) is 4.77 Å². The van der Waals surface area contributed by atoms with Gasteiger partial charge in [0.1, 0.15) is 5.75 Å². The maximum atomic E-state index is 11.5. The van der Waals surface area contributed by atoms with E-state index in [4.69, 9.17) is 17.0 Å². The van der Waals surface area contributed by atoms with Gasteiger partial charge >= 0.3 is 0 Å². The summed E-state index contributed by atoms with van der Waals surface area (Å²) < 4.78 is 7.38. The van der Waals surface area contributed by atoms with Gasteiger partial charge in [-0.05, 0) is 46.3 Å². The third kappa shape index (κ3) is 3.05. The zero-order chi connectivity index (χ0) is 12.4. The van der Waals surface area contributed by atoms with Crippen LogP contribution in [0.25, 0.3) is 0 Å². The second kappa shape index (κ2) is 5.16. The molecule has 17 heavy (non-hydrogen) atoms. The Bertz CT molecular complexity index is 666. The van der Waals surface area contributed by atoms with Crippen molar-refractivity contribution in [3.05, 3.63) is 48.5 Å². The average Bonchev–Trinajstić information content (AvgIpc) is 2.25. The van der Waals surface area contributed by atoms with Gasteiger partial charge in [-0.2, -0.15) is 0 Å². The first kappa shape index (κ1) is 12.5. The van der Waals surface area contributed by atoms with E-state index in [1.54, 1.807) is 6.07 Å². The molecule has 0 bridgehead atoms. The van der Waals surface area contributed by atoms with Gasteiger partial charge in [0.25, 0.3) is 5.56 Å². The maximum absolute atomic E-state index is 11.5. The summed E-state index contributed by atoms with van der Waals surface area (Å²) in [6.45, 7) is 0. The third-order valence-electron chi connectivity index (χ3n) is 1.90. The van der Waals surface area contributed by atoms with E-state index in [2.05, 4.69) is 41.8 Å². The van der Waals surface area contributed by atoms with Crippen LogP contribution in [0.5, 0.6) is 11.5 Å². The fourth-order valence-electron chi connectivity index (χ4n) is 1.15. The Morgan fingerprint density at radius 2 is 2.00 bits per heavy atom. The highest BCUT2D eigenvalue weighted by Gasteiger charge is 2.06. The molecule has 7 heteroatoms. The van der Waals surface area contributed by atoms with E-state index >= 15 is 0 Å². The highest BCUT2D eigenvalue weighted by molar-refractivity contribution is 9.11. The van der Waals surface area contributed by atoms with Gasteiger partial charge < -0.3 is 9.72 Å². The molecule has 0 fully saturated rings. The average molecular weight is 378 g/mol. The van der Waals surface area contributed by atoms with Crippen LogP contribution in [0.4, 0.5) is 0 Å². The lowest BCUT2D eigenvalue weighted by Gasteiger charge is -2.06. The second-order valence-corrected chi connectivity index (χ2v) is 5.29. The summed E-state index contributed by atoms with van der Waals surface area (Å²) in [6.07, 6.45) is 1.43. The van der Waals surface area contributed by atoms with Crippen LogP contribution in [0.15, 0.2) is 38.1 Å². The first-order chi connectivity index (χ1) is 8.06. The van der Waals surface area contributed by atoms with Crippen molar-refractivity contribution in [2.75, 3.05) is 0 Å². The number of hydrogen-bond donors (Lipinski definition) is 2. The number of nitrogens with one attached hydrogen (secondary N) is 2. The maximum Gasteiger partial charge on any atom is 0.294 e. The molecule has 0 saturated carbocycles. The number of aromatic nitrogens is 2. The number of benzene rings is 1. The first-order valence-electron chi connectivity index (χ1n) is 4.51. The van der Waals surface area contributed by atoms with E-state index in [-0.39, 0.29) is 16.1 Å². The van der Waals surface area contributed by atoms with Gasteiger partial charge in [-0.15, -0.1) is 0 Å². The lowest BCUT2D eigenvalue weighted by atomic mass is 10.3. The van der Waals surface area contributed by atoms with E-state index in [1.807, 2.05) is 12.1 Å². The molecule has 2 aromatic rings. The van der Waals surface area contributed by atoms with E-state index in [0.717, 1.165) is 8.95 Å². The van der Waals surface area contributed by atoms with Crippen LogP contribution >= 0.6 is 44.1 Å². The highest BCUT2D eigenvalue weighted by Crippen LogP contribution is 2.30. The minimum atomic E-state index is -0.372. The molecule has 0 unspecified atom stereocenters. The van der Waals surface area contributed by atoms with Crippen LogP contribution < -0.4 is 10.3 Å². The van der Waals surface area contributed by atoms with Gasteiger partial charge in [0.05, 0.1) is 10.7 Å². The summed E-state index contributed by atoms with van der Waals surface area (Å²) in [6, 6.07) is 5.39. The SMILES string of the molecule is O=c1[nH]c(=S)[nH]cc1Oc1ccc(Br)cc1Br. The van der Waals surface area contributed by atoms with E-state index in [9.17, 15) is 4.79 Å². The van der Waals surface area contributed by atoms with Gasteiger partial charge in [-0.1, -0.05) is 15.9 Å². The lowest BCUT2D eigenvalue weighted by Crippen LogP contribution is -2.09. The number of hydrogen-bond acceptors (Lipinski definition) is 3. The number of aromatic amines is 2. The number of H-pyrrole nitrogens is 2. The van der Waals surface area contributed by atoms with Gasteiger partial charge in [0, 0.05) is 4.47 Å². The fourth-order valence-corrected chi connectivity index (χ4v) is 2.43. The van der Waals surface area contributed by atoms with Gasteiger partial charge in [-0.3, -0.25) is 9.78 Å². The Morgan fingerprint density at radius 3 is 2.65 bits per heavy atom. The zero-order valence-electron chi connectivity index (χ0n) is 8.29. The van der Waals surface area contributed by atoms with Crippen LogP contribution in [0.2, 0.25) is 0 Å². The molecule has 0 aliphatic heterocycles. The molecule has 0 atom stereocenters. The molecule has 1 heterocycles. The quantitative estimate of drug-likeness (QED) is 0.783. The first-order valence-corrected chi connectivity index (χ1v) is 6.50. The van der Waals surface area contributed by atoms with E-state index < -0.39 is 0 Å². The summed E-state index contributed by atoms with van der Waals surface area (Å²) in [5.74, 6) is 0.700. The highest BCUT2D eigenvalue weighted by atomic mass is 79.9. The molecule has 2 N–H and O–H groups in total. The lowest BCUT2D eigenvalue weighted by molar-refractivity contribution is 0.468. The molecule has 1 aromatic heterocycles. The number of halogens is 2. The summed E-state index contributed by atoms with van der Waals surface area (Å²) in [5.41, 5.74) is -0.372. The standard InChI is InChI=1S/C10H6Br2N2O2S/c11-5-1-2-7(6(12)3-5)16-8-4-13-10(17)14-9(8)15/h1-4H,(H2,13,14,15,17). The van der Waals surface area contributed by atoms with Crippen molar-refractivity contribution in [2.45, 2.75) is 0 Å². The van der Waals surface area contributed by atoms with Crippen molar-refractivity contribution >= 4 is 44.1 Å². The Morgan fingerprint density at radius 1 is 1.24 bits per heavy atom. The van der Waals surface area contributed by atoms with Crippen molar-refractivity contribution in [1.29, 1.82) is 0 Å². The van der Waals surface area contributed by atoms with E-state index in [0.29, 0.717) is 5.75 Å². The summed E-state index contributed by atoms with van der Waals surface area (Å²) in [7, 11) is 0. The van der Waals surface area contributed by atoms with Crippen molar-refractivity contribution in [3.8, 4) is 11.5 Å². The monoisotopic (exact) mass is 376 g/mol. The molecule has 0 saturated heterocycles. The molecule has 0 amide bonds. The molecule has 0 radical (unpaired) electrons. The predicted octanol–water partition coefficient (Wildman–Crippen LogP) is 3.75. The van der Waals surface area contributed by atoms with Crippen molar-refractivity contribution < 1.29 is 4.74 Å². The third-order valence-corrected chi connectivity index (χ3v) is 3.23. The topological polar surface area (TPSA) is 57.9 Å². The summed E-state index contributed by atoms with van der Waals surface area (Å²) >= 11 is 11.5. The molecule has 2 rings (SSSR count). The Labute approximate surface area is 118 Å². The van der Waals surface area contributed by atoms with Crippen LogP contribution in [-0.2, 0) is 0 Å². The van der Waals surface area contributed by atoms with Gasteiger partial charge in [0.2, 0.25) is 5.75 Å². The number of ether oxygens (including phenoxy) is 1. The Hall–Kier alpha value is -0.920. The number of rotatable bonds is 2. The minimum absolute atomic E-state index is 0.154. The molecule has 0 spiro atoms. The molecule has 4 nitrogen and oxygen atoms in total. The van der Waals surface area contributed by atoms with Crippen LogP contribution in [0.1, 0.15) is 0 Å². The molecular formula is C10H6Br2N2O2S. The Kier molecular flexibility index (Phi) is 3.80. The van der Waals surface area contributed by atoms with Crippen LogP contribution in [0.3, 0.4) is 0 Å². The smallest absolute Gasteiger partial charge is 0.294 e. The summed E-state index contributed by atoms with van der Waals surface area (Å²) in [4.78, 5) is 16.7. The van der Waals surface area contributed by atoms with Crippen molar-refractivity contribution in [3.63, 3.8) is 0 Å². The zero-order valence-corrected chi connectivity index (χ0v) is 12.3. The predicted molar refractivity (Wildman–Crippen MR) is 74.2 cm³/mol. The molecule has 88 valence electrons. The van der Waals surface area contributed by atoms with Gasteiger partial charge in [0.15, 0.2) is 4.77 Å². The van der Waals surface area contributed by atoms with E-state index in [1.165, 1.54) is 6.20 Å². The molecule has 0 aliphatic rings. The molecular weight excluding hydrogens is 372 g/mol. The fraction of sp³-hybridized carbons (Fsp3) is 0. The minimum Gasteiger partial charge on any atom is -0.449 e. The van der Waals surface area contributed by atoms with Crippen molar-refractivity contribution in [2.24, 2.45) is 0 Å². The Balaban J connectivity index is 2.38. The van der Waals surface area contributed by atoms with Gasteiger partial charge in [-0.25, -0.2) is 0 Å². The second-order valence-electron chi connectivity index (χ2n) is 3.11. The molecule has 0 aliphatic carbocycles. The molecule has 1 aromatic carbocycles. The summed E-state index contributed by atoms with van der Waals surface area (Å²) in [5, 5.41) is 0. The normalized spacial score (nSPS) is 10.2. The van der Waals surface area contributed by atoms with Crippen LogP contribution in [-0.4, -0.2) is 9.97 Å².